The number of carbonyl (C=O) groups is 1. The van der Waals surface area contributed by atoms with Crippen LogP contribution in [0.4, 0.5) is 10.3 Å². The summed E-state index contributed by atoms with van der Waals surface area (Å²) in [5, 5.41) is 2.78. The van der Waals surface area contributed by atoms with Crippen molar-refractivity contribution < 1.29 is 9.18 Å². The van der Waals surface area contributed by atoms with Gasteiger partial charge in [0.2, 0.25) is 5.95 Å². The van der Waals surface area contributed by atoms with E-state index in [2.05, 4.69) is 10.3 Å². The molecule has 3 rings (SSSR count). The molecule has 23 heavy (non-hydrogen) atoms. The van der Waals surface area contributed by atoms with Gasteiger partial charge in [0.15, 0.2) is 0 Å². The van der Waals surface area contributed by atoms with E-state index in [0.717, 1.165) is 16.6 Å². The Labute approximate surface area is 133 Å². The van der Waals surface area contributed by atoms with Crippen molar-refractivity contribution in [2.45, 2.75) is 13.5 Å². The predicted octanol–water partition coefficient (Wildman–Crippen LogP) is 3.85. The number of imidazole rings is 1. The molecule has 116 valence electrons. The number of nitrogens with one attached hydrogen (secondary N) is 1. The van der Waals surface area contributed by atoms with E-state index in [9.17, 15) is 9.18 Å². The van der Waals surface area contributed by atoms with Crippen LogP contribution >= 0.6 is 0 Å². The molecular formula is C18H16FN3O. The Morgan fingerprint density at radius 1 is 1.22 bits per heavy atom. The summed E-state index contributed by atoms with van der Waals surface area (Å²) in [5.41, 5.74) is 2.57. The first-order chi connectivity index (χ1) is 11.2. The summed E-state index contributed by atoms with van der Waals surface area (Å²) >= 11 is 0. The second-order valence-electron chi connectivity index (χ2n) is 5.04. The second kappa shape index (κ2) is 6.44. The zero-order valence-electron chi connectivity index (χ0n) is 12.7. The predicted molar refractivity (Wildman–Crippen MR) is 89.5 cm³/mol. The van der Waals surface area contributed by atoms with Crippen LogP contribution in [-0.2, 0) is 11.3 Å². The van der Waals surface area contributed by atoms with E-state index in [1.165, 1.54) is 18.2 Å². The molecule has 2 aromatic carbocycles. The summed E-state index contributed by atoms with van der Waals surface area (Å²) in [6.45, 7) is 2.70. The molecule has 1 aromatic heterocycles. The van der Waals surface area contributed by atoms with Gasteiger partial charge in [-0.3, -0.25) is 10.1 Å². The molecule has 0 aliphatic heterocycles. The highest BCUT2D eigenvalue weighted by molar-refractivity contribution is 6.01. The van der Waals surface area contributed by atoms with E-state index >= 15 is 0 Å². The van der Waals surface area contributed by atoms with Crippen LogP contribution in [0.2, 0.25) is 0 Å². The number of aryl methyl sites for hydroxylation is 1. The van der Waals surface area contributed by atoms with Gasteiger partial charge in [0.05, 0.1) is 11.0 Å². The average Bonchev–Trinajstić information content (AvgIpc) is 2.91. The lowest BCUT2D eigenvalue weighted by Gasteiger charge is -2.05. The summed E-state index contributed by atoms with van der Waals surface area (Å²) < 4.78 is 14.8. The SMILES string of the molecule is CCn1c(NC(=O)C=Cc2ccc(F)cc2)nc2ccccc21. The zero-order chi connectivity index (χ0) is 16.2. The average molecular weight is 309 g/mol. The molecule has 1 heterocycles. The monoisotopic (exact) mass is 309 g/mol. The van der Waals surface area contributed by atoms with E-state index in [0.29, 0.717) is 12.5 Å². The van der Waals surface area contributed by atoms with Gasteiger partial charge in [-0.25, -0.2) is 9.37 Å². The standard InChI is InChI=1S/C18H16FN3O/c1-2-22-16-6-4-3-5-15(16)20-18(22)21-17(23)12-9-13-7-10-14(19)11-8-13/h3-12H,2H2,1H3,(H,20,21,23). The number of benzene rings is 2. The fraction of sp³-hybridized carbons (Fsp3) is 0.111. The van der Waals surface area contributed by atoms with Crippen molar-refractivity contribution in [2.75, 3.05) is 5.32 Å². The number of aromatic nitrogens is 2. The van der Waals surface area contributed by atoms with E-state index in [1.54, 1.807) is 18.2 Å². The van der Waals surface area contributed by atoms with Gasteiger partial charge in [0.1, 0.15) is 5.82 Å². The fourth-order valence-corrected chi connectivity index (χ4v) is 2.39. The second-order valence-corrected chi connectivity index (χ2v) is 5.04. The maximum absolute atomic E-state index is 12.8. The molecule has 0 aliphatic carbocycles. The van der Waals surface area contributed by atoms with Gasteiger partial charge in [-0.15, -0.1) is 0 Å². The molecule has 3 aromatic rings. The van der Waals surface area contributed by atoms with Crippen LogP contribution in [-0.4, -0.2) is 15.5 Å². The number of hydrogen-bond donors (Lipinski definition) is 1. The lowest BCUT2D eigenvalue weighted by Crippen LogP contribution is -2.12. The highest BCUT2D eigenvalue weighted by Crippen LogP contribution is 2.19. The lowest BCUT2D eigenvalue weighted by molar-refractivity contribution is -0.111. The lowest BCUT2D eigenvalue weighted by atomic mass is 10.2. The number of nitrogens with zero attached hydrogens (tertiary/aromatic N) is 2. The van der Waals surface area contributed by atoms with E-state index in [4.69, 9.17) is 0 Å². The van der Waals surface area contributed by atoms with Crippen LogP contribution in [0.3, 0.4) is 0 Å². The molecular weight excluding hydrogens is 293 g/mol. The van der Waals surface area contributed by atoms with Crippen molar-refractivity contribution >= 4 is 29.0 Å². The number of halogens is 1. The summed E-state index contributed by atoms with van der Waals surface area (Å²) in [4.78, 5) is 16.5. The Bertz CT molecular complexity index is 866. The third-order valence-electron chi connectivity index (χ3n) is 3.50. The van der Waals surface area contributed by atoms with Crippen molar-refractivity contribution in [1.82, 2.24) is 9.55 Å². The minimum atomic E-state index is -0.303. The minimum Gasteiger partial charge on any atom is -0.310 e. The van der Waals surface area contributed by atoms with Crippen LogP contribution in [0.5, 0.6) is 0 Å². The third kappa shape index (κ3) is 3.29. The largest absolute Gasteiger partial charge is 0.310 e. The van der Waals surface area contributed by atoms with Crippen LogP contribution in [0.15, 0.2) is 54.6 Å². The molecule has 0 spiro atoms. The Balaban J connectivity index is 1.78. The maximum atomic E-state index is 12.8. The van der Waals surface area contributed by atoms with Crippen LogP contribution in [0, 0.1) is 5.82 Å². The van der Waals surface area contributed by atoms with E-state index in [-0.39, 0.29) is 11.7 Å². The molecule has 4 nitrogen and oxygen atoms in total. The Morgan fingerprint density at radius 3 is 2.70 bits per heavy atom. The number of fused-ring (bicyclic) bond motifs is 1. The zero-order valence-corrected chi connectivity index (χ0v) is 12.7. The Hall–Kier alpha value is -2.95. The summed E-state index contributed by atoms with van der Waals surface area (Å²) in [5.74, 6) is -0.0648. The molecule has 0 fully saturated rings. The first kappa shape index (κ1) is 15.0. The first-order valence-corrected chi connectivity index (χ1v) is 7.37. The molecule has 0 unspecified atom stereocenters. The summed E-state index contributed by atoms with van der Waals surface area (Å²) in [6, 6.07) is 13.7. The van der Waals surface area contributed by atoms with Gasteiger partial charge in [-0.2, -0.15) is 0 Å². The van der Waals surface area contributed by atoms with Gasteiger partial charge in [0.25, 0.3) is 5.91 Å². The van der Waals surface area contributed by atoms with Crippen molar-refractivity contribution in [3.63, 3.8) is 0 Å². The number of anilines is 1. The molecule has 1 N–H and O–H groups in total. The highest BCUT2D eigenvalue weighted by atomic mass is 19.1. The number of para-hydroxylation sites is 2. The molecule has 0 saturated carbocycles. The van der Waals surface area contributed by atoms with Crippen molar-refractivity contribution in [3.8, 4) is 0 Å². The van der Waals surface area contributed by atoms with Gasteiger partial charge < -0.3 is 4.57 Å². The van der Waals surface area contributed by atoms with Crippen molar-refractivity contribution in [1.29, 1.82) is 0 Å². The smallest absolute Gasteiger partial charge is 0.250 e. The third-order valence-corrected chi connectivity index (χ3v) is 3.50. The number of hydrogen-bond acceptors (Lipinski definition) is 2. The maximum Gasteiger partial charge on any atom is 0.250 e. The van der Waals surface area contributed by atoms with Gasteiger partial charge in [-0.05, 0) is 42.8 Å². The van der Waals surface area contributed by atoms with E-state index < -0.39 is 0 Å². The van der Waals surface area contributed by atoms with Crippen molar-refractivity contribution in [3.05, 3.63) is 66.0 Å². The molecule has 0 bridgehead atoms. The fourth-order valence-electron chi connectivity index (χ4n) is 2.39. The quantitative estimate of drug-likeness (QED) is 0.744. The number of carbonyl (C=O) groups excluding carboxylic acids is 1. The van der Waals surface area contributed by atoms with Crippen molar-refractivity contribution in [2.24, 2.45) is 0 Å². The molecule has 0 radical (unpaired) electrons. The molecule has 0 atom stereocenters. The van der Waals surface area contributed by atoms with E-state index in [1.807, 2.05) is 35.8 Å². The van der Waals surface area contributed by atoms with Crippen LogP contribution in [0.25, 0.3) is 17.1 Å². The number of rotatable bonds is 4. The molecule has 1 amide bonds. The number of amides is 1. The van der Waals surface area contributed by atoms with Crippen LogP contribution < -0.4 is 5.32 Å². The summed E-state index contributed by atoms with van der Waals surface area (Å²) in [7, 11) is 0. The van der Waals surface area contributed by atoms with Gasteiger partial charge in [-0.1, -0.05) is 24.3 Å². The highest BCUT2D eigenvalue weighted by Gasteiger charge is 2.10. The topological polar surface area (TPSA) is 46.9 Å². The van der Waals surface area contributed by atoms with Crippen LogP contribution in [0.1, 0.15) is 12.5 Å². The molecule has 0 saturated heterocycles. The first-order valence-electron chi connectivity index (χ1n) is 7.37. The Morgan fingerprint density at radius 2 is 1.96 bits per heavy atom. The summed E-state index contributed by atoms with van der Waals surface area (Å²) in [6.07, 6.45) is 3.04. The minimum absolute atomic E-state index is 0.278. The van der Waals surface area contributed by atoms with Gasteiger partial charge in [0, 0.05) is 12.6 Å². The Kier molecular flexibility index (Phi) is 4.19. The normalized spacial score (nSPS) is 11.2. The molecule has 5 heteroatoms. The van der Waals surface area contributed by atoms with Gasteiger partial charge >= 0.3 is 0 Å². The molecule has 0 aliphatic rings.